The van der Waals surface area contributed by atoms with Crippen molar-refractivity contribution in [1.82, 2.24) is 0 Å². The monoisotopic (exact) mass is 162 g/mol. The normalized spacial score (nSPS) is 16.4. The largest absolute Gasteiger partial charge is 0.364 e. The van der Waals surface area contributed by atoms with Gasteiger partial charge in [-0.15, -0.1) is 0 Å². The summed E-state index contributed by atoms with van der Waals surface area (Å²) >= 11 is 0. The zero-order valence-corrected chi connectivity index (χ0v) is 7.25. The van der Waals surface area contributed by atoms with Gasteiger partial charge in [0.1, 0.15) is 12.5 Å². The lowest BCUT2D eigenvalue weighted by molar-refractivity contribution is -0.00463. The first-order chi connectivity index (χ1) is 5.20. The fourth-order valence-electron chi connectivity index (χ4n) is 0.793. The molecule has 0 aromatic rings. The van der Waals surface area contributed by atoms with Crippen molar-refractivity contribution in [3.05, 3.63) is 0 Å². The van der Waals surface area contributed by atoms with E-state index in [4.69, 9.17) is 20.9 Å². The smallest absolute Gasteiger partial charge is 0.109 e. The van der Waals surface area contributed by atoms with Gasteiger partial charge < -0.3 is 20.9 Å². The SMILES string of the molecule is CCOC(N)CC(N)OCC. The summed E-state index contributed by atoms with van der Waals surface area (Å²) < 4.78 is 10.2. The Morgan fingerprint density at radius 2 is 1.36 bits per heavy atom. The summed E-state index contributed by atoms with van der Waals surface area (Å²) in [4.78, 5) is 0. The van der Waals surface area contributed by atoms with Gasteiger partial charge in [-0.3, -0.25) is 0 Å². The van der Waals surface area contributed by atoms with Crippen LogP contribution in [0.2, 0.25) is 0 Å². The second-order valence-electron chi connectivity index (χ2n) is 2.22. The summed E-state index contributed by atoms with van der Waals surface area (Å²) in [6, 6.07) is 0. The van der Waals surface area contributed by atoms with Gasteiger partial charge in [-0.2, -0.15) is 0 Å². The van der Waals surface area contributed by atoms with Crippen molar-refractivity contribution >= 4 is 0 Å². The Morgan fingerprint density at radius 1 is 1.00 bits per heavy atom. The Hall–Kier alpha value is -0.160. The van der Waals surface area contributed by atoms with Crippen molar-refractivity contribution in [3.63, 3.8) is 0 Å². The van der Waals surface area contributed by atoms with E-state index in [2.05, 4.69) is 0 Å². The minimum absolute atomic E-state index is 0.304. The molecule has 0 aromatic heterocycles. The molecule has 0 amide bonds. The Kier molecular flexibility index (Phi) is 6.45. The van der Waals surface area contributed by atoms with Gasteiger partial charge >= 0.3 is 0 Å². The lowest BCUT2D eigenvalue weighted by atomic mass is 10.3. The number of rotatable bonds is 6. The number of nitrogens with two attached hydrogens (primary N) is 2. The predicted molar refractivity (Wildman–Crippen MR) is 43.8 cm³/mol. The first-order valence-electron chi connectivity index (χ1n) is 3.95. The fraction of sp³-hybridized carbons (Fsp3) is 1.00. The standard InChI is InChI=1S/C7H18N2O2/c1-3-10-6(8)5-7(9)11-4-2/h6-7H,3-5,8-9H2,1-2H3. The Bertz CT molecular complexity index is 80.5. The van der Waals surface area contributed by atoms with Gasteiger partial charge in [-0.25, -0.2) is 0 Å². The van der Waals surface area contributed by atoms with Gasteiger partial charge in [-0.1, -0.05) is 0 Å². The van der Waals surface area contributed by atoms with Crippen molar-refractivity contribution in [3.8, 4) is 0 Å². The second kappa shape index (κ2) is 6.54. The molecule has 11 heavy (non-hydrogen) atoms. The average molecular weight is 162 g/mol. The molecule has 0 saturated carbocycles. The van der Waals surface area contributed by atoms with E-state index in [1.165, 1.54) is 0 Å². The molecule has 4 nitrogen and oxygen atoms in total. The molecule has 0 saturated heterocycles. The maximum Gasteiger partial charge on any atom is 0.109 e. The predicted octanol–water partition coefficient (Wildman–Crippen LogP) is 0.0191. The molecule has 2 atom stereocenters. The van der Waals surface area contributed by atoms with Crippen molar-refractivity contribution in [2.45, 2.75) is 32.7 Å². The first-order valence-corrected chi connectivity index (χ1v) is 3.95. The molecular formula is C7H18N2O2. The highest BCUT2D eigenvalue weighted by molar-refractivity contribution is 4.54. The Labute approximate surface area is 67.8 Å². The number of hydrogen-bond acceptors (Lipinski definition) is 4. The van der Waals surface area contributed by atoms with Gasteiger partial charge in [0.2, 0.25) is 0 Å². The van der Waals surface area contributed by atoms with Gasteiger partial charge in [0, 0.05) is 19.6 Å². The first kappa shape index (κ1) is 10.8. The maximum absolute atomic E-state index is 5.53. The van der Waals surface area contributed by atoms with E-state index in [1.807, 2.05) is 13.8 Å². The molecule has 0 aliphatic heterocycles. The van der Waals surface area contributed by atoms with Gasteiger partial charge in [0.25, 0.3) is 0 Å². The number of hydrogen-bond donors (Lipinski definition) is 2. The minimum Gasteiger partial charge on any atom is -0.364 e. The van der Waals surface area contributed by atoms with Crippen molar-refractivity contribution in [2.24, 2.45) is 11.5 Å². The summed E-state index contributed by atoms with van der Waals surface area (Å²) in [6.07, 6.45) is -0.0649. The lowest BCUT2D eigenvalue weighted by Crippen LogP contribution is -2.35. The maximum atomic E-state index is 5.53. The zero-order chi connectivity index (χ0) is 8.69. The molecule has 0 bridgehead atoms. The molecule has 0 radical (unpaired) electrons. The van der Waals surface area contributed by atoms with Crippen molar-refractivity contribution in [2.75, 3.05) is 13.2 Å². The van der Waals surface area contributed by atoms with Crippen LogP contribution in [0.3, 0.4) is 0 Å². The van der Waals surface area contributed by atoms with E-state index >= 15 is 0 Å². The minimum atomic E-state index is -0.304. The third-order valence-electron chi connectivity index (χ3n) is 1.23. The van der Waals surface area contributed by atoms with Gasteiger partial charge in [0.15, 0.2) is 0 Å². The molecular weight excluding hydrogens is 144 g/mol. The van der Waals surface area contributed by atoms with E-state index in [9.17, 15) is 0 Å². The van der Waals surface area contributed by atoms with Crippen LogP contribution in [0.4, 0.5) is 0 Å². The van der Waals surface area contributed by atoms with Crippen LogP contribution in [-0.2, 0) is 9.47 Å². The van der Waals surface area contributed by atoms with E-state index in [0.29, 0.717) is 19.6 Å². The van der Waals surface area contributed by atoms with Crippen molar-refractivity contribution in [1.29, 1.82) is 0 Å². The molecule has 4 N–H and O–H groups in total. The molecule has 0 aliphatic carbocycles. The van der Waals surface area contributed by atoms with Crippen LogP contribution in [0, 0.1) is 0 Å². The molecule has 0 aromatic carbocycles. The van der Waals surface area contributed by atoms with E-state index in [0.717, 1.165) is 0 Å². The molecule has 0 rings (SSSR count). The van der Waals surface area contributed by atoms with Gasteiger partial charge in [0.05, 0.1) is 0 Å². The summed E-state index contributed by atoms with van der Waals surface area (Å²) in [6.45, 7) is 5.01. The van der Waals surface area contributed by atoms with Gasteiger partial charge in [-0.05, 0) is 13.8 Å². The molecule has 0 spiro atoms. The molecule has 2 unspecified atom stereocenters. The summed E-state index contributed by atoms with van der Waals surface area (Å²) in [5.74, 6) is 0. The Morgan fingerprint density at radius 3 is 1.64 bits per heavy atom. The highest BCUT2D eigenvalue weighted by atomic mass is 16.5. The lowest BCUT2D eigenvalue weighted by Gasteiger charge is -2.16. The molecule has 4 heteroatoms. The van der Waals surface area contributed by atoms with Crippen LogP contribution in [0.15, 0.2) is 0 Å². The summed E-state index contributed by atoms with van der Waals surface area (Å²) in [5.41, 5.74) is 11.1. The summed E-state index contributed by atoms with van der Waals surface area (Å²) in [7, 11) is 0. The third-order valence-corrected chi connectivity index (χ3v) is 1.23. The average Bonchev–Trinajstić information content (AvgIpc) is 1.87. The topological polar surface area (TPSA) is 70.5 Å². The van der Waals surface area contributed by atoms with Crippen LogP contribution in [0.25, 0.3) is 0 Å². The Balaban J connectivity index is 3.32. The van der Waals surface area contributed by atoms with Crippen LogP contribution in [-0.4, -0.2) is 25.7 Å². The quantitative estimate of drug-likeness (QED) is 0.540. The molecule has 0 heterocycles. The van der Waals surface area contributed by atoms with E-state index < -0.39 is 0 Å². The summed E-state index contributed by atoms with van der Waals surface area (Å²) in [5, 5.41) is 0. The molecule has 0 aliphatic rings. The van der Waals surface area contributed by atoms with E-state index in [-0.39, 0.29) is 12.5 Å². The van der Waals surface area contributed by atoms with Crippen LogP contribution >= 0.6 is 0 Å². The fourth-order valence-corrected chi connectivity index (χ4v) is 0.793. The molecule has 0 fully saturated rings. The van der Waals surface area contributed by atoms with Crippen molar-refractivity contribution < 1.29 is 9.47 Å². The number of ether oxygens (including phenoxy) is 2. The van der Waals surface area contributed by atoms with Crippen LogP contribution < -0.4 is 11.5 Å². The van der Waals surface area contributed by atoms with E-state index in [1.54, 1.807) is 0 Å². The second-order valence-corrected chi connectivity index (χ2v) is 2.22. The molecule has 68 valence electrons. The zero-order valence-electron chi connectivity index (χ0n) is 7.25. The van der Waals surface area contributed by atoms with Crippen LogP contribution in [0.5, 0.6) is 0 Å². The highest BCUT2D eigenvalue weighted by Gasteiger charge is 2.07. The highest BCUT2D eigenvalue weighted by Crippen LogP contribution is 1.96. The van der Waals surface area contributed by atoms with Crippen LogP contribution in [0.1, 0.15) is 20.3 Å². The third kappa shape index (κ3) is 6.25.